The molecule has 0 unspecified atom stereocenters. The Kier molecular flexibility index (Phi) is 3.15. The SMILES string of the molecule is Oc1ccc(CNc2ccc3oc4ccc(F)cc4c3c2)cc1. The van der Waals surface area contributed by atoms with Crippen molar-refractivity contribution in [3.05, 3.63) is 72.0 Å². The standard InChI is InChI=1S/C19H14FNO2/c20-13-3-7-18-16(9-13)17-10-14(4-8-19(17)23-18)21-11-12-1-5-15(22)6-2-12/h1-10,21-22H,11H2. The van der Waals surface area contributed by atoms with Gasteiger partial charge in [-0.25, -0.2) is 4.39 Å². The van der Waals surface area contributed by atoms with Crippen molar-refractivity contribution < 1.29 is 13.9 Å². The fraction of sp³-hybridized carbons (Fsp3) is 0.0526. The summed E-state index contributed by atoms with van der Waals surface area (Å²) in [6.07, 6.45) is 0. The monoisotopic (exact) mass is 307 g/mol. The van der Waals surface area contributed by atoms with Crippen molar-refractivity contribution in [2.75, 3.05) is 5.32 Å². The maximum atomic E-state index is 13.5. The van der Waals surface area contributed by atoms with Gasteiger partial charge in [-0.15, -0.1) is 0 Å². The first-order valence-electron chi connectivity index (χ1n) is 7.33. The van der Waals surface area contributed by atoms with E-state index in [1.165, 1.54) is 12.1 Å². The lowest BCUT2D eigenvalue weighted by Gasteiger charge is -2.06. The van der Waals surface area contributed by atoms with Gasteiger partial charge in [-0.3, -0.25) is 0 Å². The molecule has 4 rings (SSSR count). The molecule has 0 saturated carbocycles. The van der Waals surface area contributed by atoms with Gasteiger partial charge in [0.1, 0.15) is 22.7 Å². The van der Waals surface area contributed by atoms with Crippen molar-refractivity contribution in [1.82, 2.24) is 0 Å². The zero-order chi connectivity index (χ0) is 15.8. The molecule has 0 atom stereocenters. The number of rotatable bonds is 3. The maximum Gasteiger partial charge on any atom is 0.135 e. The molecule has 0 aliphatic carbocycles. The number of benzene rings is 3. The van der Waals surface area contributed by atoms with Gasteiger partial charge in [-0.1, -0.05) is 12.1 Å². The minimum absolute atomic E-state index is 0.252. The molecule has 3 nitrogen and oxygen atoms in total. The van der Waals surface area contributed by atoms with Crippen molar-refractivity contribution >= 4 is 27.6 Å². The number of phenols is 1. The van der Waals surface area contributed by atoms with Gasteiger partial charge in [0, 0.05) is 23.0 Å². The predicted molar refractivity (Wildman–Crippen MR) is 89.1 cm³/mol. The van der Waals surface area contributed by atoms with E-state index in [0.29, 0.717) is 12.1 Å². The molecule has 0 fully saturated rings. The Labute approximate surface area is 132 Å². The van der Waals surface area contributed by atoms with Crippen LogP contribution in [0.15, 0.2) is 65.1 Å². The molecule has 0 bridgehead atoms. The Morgan fingerprint density at radius 2 is 1.57 bits per heavy atom. The summed E-state index contributed by atoms with van der Waals surface area (Å²) in [6, 6.07) is 17.4. The molecule has 114 valence electrons. The highest BCUT2D eigenvalue weighted by atomic mass is 19.1. The van der Waals surface area contributed by atoms with Gasteiger partial charge in [0.05, 0.1) is 0 Å². The number of furan rings is 1. The van der Waals surface area contributed by atoms with E-state index in [1.54, 1.807) is 18.2 Å². The van der Waals surface area contributed by atoms with Crippen LogP contribution in [0, 0.1) is 5.82 Å². The molecular weight excluding hydrogens is 293 g/mol. The zero-order valence-corrected chi connectivity index (χ0v) is 12.2. The lowest BCUT2D eigenvalue weighted by atomic mass is 10.1. The molecule has 0 radical (unpaired) electrons. The molecule has 0 saturated heterocycles. The van der Waals surface area contributed by atoms with E-state index in [9.17, 15) is 9.50 Å². The van der Waals surface area contributed by atoms with Crippen LogP contribution in [-0.4, -0.2) is 5.11 Å². The summed E-state index contributed by atoms with van der Waals surface area (Å²) in [5, 5.41) is 14.3. The van der Waals surface area contributed by atoms with Crippen LogP contribution in [0.2, 0.25) is 0 Å². The molecule has 0 spiro atoms. The number of aromatic hydroxyl groups is 1. The van der Waals surface area contributed by atoms with Crippen LogP contribution in [0.5, 0.6) is 5.75 Å². The topological polar surface area (TPSA) is 45.4 Å². The second-order valence-corrected chi connectivity index (χ2v) is 5.47. The molecule has 3 aromatic carbocycles. The number of nitrogens with one attached hydrogen (secondary N) is 1. The highest BCUT2D eigenvalue weighted by Crippen LogP contribution is 2.31. The van der Waals surface area contributed by atoms with E-state index < -0.39 is 0 Å². The van der Waals surface area contributed by atoms with Crippen molar-refractivity contribution in [2.24, 2.45) is 0 Å². The Morgan fingerprint density at radius 1 is 0.870 bits per heavy atom. The summed E-state index contributed by atoms with van der Waals surface area (Å²) in [6.45, 7) is 0.635. The van der Waals surface area contributed by atoms with E-state index in [-0.39, 0.29) is 11.6 Å². The number of hydrogen-bond donors (Lipinski definition) is 2. The molecule has 1 heterocycles. The second kappa shape index (κ2) is 5.32. The van der Waals surface area contributed by atoms with Crippen LogP contribution in [0.25, 0.3) is 21.9 Å². The molecule has 2 N–H and O–H groups in total. The first-order chi connectivity index (χ1) is 11.2. The lowest BCUT2D eigenvalue weighted by Crippen LogP contribution is -1.98. The number of phenolic OH excluding ortho intramolecular Hbond substituents is 1. The third-order valence-corrected chi connectivity index (χ3v) is 3.86. The number of anilines is 1. The van der Waals surface area contributed by atoms with Crippen molar-refractivity contribution in [1.29, 1.82) is 0 Å². The minimum Gasteiger partial charge on any atom is -0.508 e. The van der Waals surface area contributed by atoms with Gasteiger partial charge in [0.25, 0.3) is 0 Å². The molecule has 23 heavy (non-hydrogen) atoms. The second-order valence-electron chi connectivity index (χ2n) is 5.47. The lowest BCUT2D eigenvalue weighted by molar-refractivity contribution is 0.475. The van der Waals surface area contributed by atoms with Crippen LogP contribution < -0.4 is 5.32 Å². The summed E-state index contributed by atoms with van der Waals surface area (Å²) in [5.41, 5.74) is 3.40. The van der Waals surface area contributed by atoms with Gasteiger partial charge >= 0.3 is 0 Å². The van der Waals surface area contributed by atoms with Gasteiger partial charge in [-0.2, -0.15) is 0 Å². The average Bonchev–Trinajstić information content (AvgIpc) is 2.92. The average molecular weight is 307 g/mol. The largest absolute Gasteiger partial charge is 0.508 e. The van der Waals surface area contributed by atoms with E-state index in [4.69, 9.17) is 4.42 Å². The molecular formula is C19H14FNO2. The predicted octanol–water partition coefficient (Wildman–Crippen LogP) is 5.04. The van der Waals surface area contributed by atoms with E-state index in [1.807, 2.05) is 30.3 Å². The minimum atomic E-state index is -0.275. The van der Waals surface area contributed by atoms with Crippen LogP contribution in [0.1, 0.15) is 5.56 Å². The fourth-order valence-corrected chi connectivity index (χ4v) is 2.68. The van der Waals surface area contributed by atoms with Gasteiger partial charge in [0.2, 0.25) is 0 Å². The highest BCUT2D eigenvalue weighted by Gasteiger charge is 2.08. The number of hydrogen-bond acceptors (Lipinski definition) is 3. The number of halogens is 1. The summed E-state index contributed by atoms with van der Waals surface area (Å²) in [4.78, 5) is 0. The normalized spacial score (nSPS) is 11.2. The molecule has 4 heteroatoms. The van der Waals surface area contributed by atoms with Crippen LogP contribution in [-0.2, 0) is 6.54 Å². The molecule has 4 aromatic rings. The smallest absolute Gasteiger partial charge is 0.135 e. The van der Waals surface area contributed by atoms with Crippen LogP contribution >= 0.6 is 0 Å². The zero-order valence-electron chi connectivity index (χ0n) is 12.2. The summed E-state index contributed by atoms with van der Waals surface area (Å²) in [7, 11) is 0. The van der Waals surface area contributed by atoms with Crippen LogP contribution in [0.4, 0.5) is 10.1 Å². The summed E-state index contributed by atoms with van der Waals surface area (Å²) >= 11 is 0. The third-order valence-electron chi connectivity index (χ3n) is 3.86. The highest BCUT2D eigenvalue weighted by molar-refractivity contribution is 6.05. The Balaban J connectivity index is 1.66. The van der Waals surface area contributed by atoms with Gasteiger partial charge in [-0.05, 0) is 54.1 Å². The van der Waals surface area contributed by atoms with Crippen molar-refractivity contribution in [3.63, 3.8) is 0 Å². The quantitative estimate of drug-likeness (QED) is 0.557. The Bertz CT molecular complexity index is 990. The van der Waals surface area contributed by atoms with Gasteiger partial charge in [0.15, 0.2) is 0 Å². The molecule has 1 aromatic heterocycles. The number of fused-ring (bicyclic) bond motifs is 3. The molecule has 0 aliphatic rings. The maximum absolute atomic E-state index is 13.5. The van der Waals surface area contributed by atoms with Crippen molar-refractivity contribution in [2.45, 2.75) is 6.54 Å². The third kappa shape index (κ3) is 2.59. The summed E-state index contributed by atoms with van der Waals surface area (Å²) < 4.78 is 19.2. The van der Waals surface area contributed by atoms with E-state index in [0.717, 1.165) is 27.6 Å². The summed E-state index contributed by atoms with van der Waals surface area (Å²) in [5.74, 6) is -0.0234. The van der Waals surface area contributed by atoms with E-state index >= 15 is 0 Å². The van der Waals surface area contributed by atoms with E-state index in [2.05, 4.69) is 5.32 Å². The Morgan fingerprint density at radius 3 is 2.35 bits per heavy atom. The Hall–Kier alpha value is -3.01. The first-order valence-corrected chi connectivity index (χ1v) is 7.33. The fourth-order valence-electron chi connectivity index (χ4n) is 2.68. The molecule has 0 aliphatic heterocycles. The van der Waals surface area contributed by atoms with Crippen LogP contribution in [0.3, 0.4) is 0 Å². The van der Waals surface area contributed by atoms with Gasteiger partial charge < -0.3 is 14.8 Å². The van der Waals surface area contributed by atoms with Crippen molar-refractivity contribution in [3.8, 4) is 5.75 Å². The first kappa shape index (κ1) is 13.6. The molecule has 0 amide bonds.